The first kappa shape index (κ1) is 18.1. The highest BCUT2D eigenvalue weighted by Crippen LogP contribution is 2.25. The molecule has 1 amide bonds. The van der Waals surface area contributed by atoms with Crippen LogP contribution in [-0.2, 0) is 17.8 Å². The Labute approximate surface area is 155 Å². The number of nitrogens with zero attached hydrogens (tertiary/aromatic N) is 3. The van der Waals surface area contributed by atoms with Crippen molar-refractivity contribution in [2.24, 2.45) is 0 Å². The summed E-state index contributed by atoms with van der Waals surface area (Å²) in [6.07, 6.45) is 0.853. The number of halogens is 2. The summed E-state index contributed by atoms with van der Waals surface area (Å²) in [7, 11) is 1.67. The van der Waals surface area contributed by atoms with Gasteiger partial charge in [-0.3, -0.25) is 4.79 Å². The van der Waals surface area contributed by atoms with Crippen molar-refractivity contribution in [3.05, 3.63) is 70.8 Å². The molecule has 0 radical (unpaired) electrons. The zero-order chi connectivity index (χ0) is 18.5. The third-order valence-corrected chi connectivity index (χ3v) is 4.25. The second-order valence-electron chi connectivity index (χ2n) is 5.87. The number of aryl methyl sites for hydroxylation is 1. The average molecular weight is 374 g/mol. The van der Waals surface area contributed by atoms with Crippen molar-refractivity contribution in [1.82, 2.24) is 15.0 Å². The van der Waals surface area contributed by atoms with Crippen molar-refractivity contribution in [2.75, 3.05) is 7.05 Å². The van der Waals surface area contributed by atoms with Gasteiger partial charge in [0.1, 0.15) is 5.82 Å². The molecule has 0 fully saturated rings. The lowest BCUT2D eigenvalue weighted by Crippen LogP contribution is -2.26. The normalized spacial score (nSPS) is 10.7. The van der Waals surface area contributed by atoms with E-state index in [9.17, 15) is 9.18 Å². The molecule has 2 aromatic carbocycles. The second kappa shape index (κ2) is 8.10. The van der Waals surface area contributed by atoms with Gasteiger partial charge in [-0.05, 0) is 36.2 Å². The van der Waals surface area contributed by atoms with E-state index in [0.29, 0.717) is 35.1 Å². The smallest absolute Gasteiger partial charge is 0.246 e. The van der Waals surface area contributed by atoms with Gasteiger partial charge in [-0.15, -0.1) is 0 Å². The van der Waals surface area contributed by atoms with E-state index in [1.807, 2.05) is 12.1 Å². The molecule has 0 aliphatic rings. The van der Waals surface area contributed by atoms with Gasteiger partial charge in [-0.1, -0.05) is 41.0 Å². The highest BCUT2D eigenvalue weighted by molar-refractivity contribution is 6.33. The minimum atomic E-state index is -0.289. The van der Waals surface area contributed by atoms with Crippen LogP contribution < -0.4 is 0 Å². The Morgan fingerprint density at radius 1 is 1.19 bits per heavy atom. The van der Waals surface area contributed by atoms with E-state index < -0.39 is 0 Å². The van der Waals surface area contributed by atoms with Gasteiger partial charge in [0.25, 0.3) is 0 Å². The molecule has 7 heteroatoms. The summed E-state index contributed by atoms with van der Waals surface area (Å²) in [6.45, 7) is 0.208. The number of aromatic nitrogens is 2. The molecular formula is C19H17ClFN3O2. The SMILES string of the molecule is CN(Cc1nc(-c2ccccc2Cl)no1)C(=O)CCc1ccc(F)cc1. The minimum absolute atomic E-state index is 0.0631. The fraction of sp³-hybridized carbons (Fsp3) is 0.211. The van der Waals surface area contributed by atoms with E-state index in [1.165, 1.54) is 17.0 Å². The maximum Gasteiger partial charge on any atom is 0.246 e. The Balaban J connectivity index is 1.57. The van der Waals surface area contributed by atoms with E-state index in [-0.39, 0.29) is 18.3 Å². The molecule has 5 nitrogen and oxygen atoms in total. The van der Waals surface area contributed by atoms with Crippen molar-refractivity contribution >= 4 is 17.5 Å². The number of amides is 1. The average Bonchev–Trinajstić information content (AvgIpc) is 3.09. The summed E-state index contributed by atoms with van der Waals surface area (Å²) in [6, 6.07) is 13.3. The number of benzene rings is 2. The lowest BCUT2D eigenvalue weighted by Gasteiger charge is -2.14. The zero-order valence-corrected chi connectivity index (χ0v) is 14.9. The molecular weight excluding hydrogens is 357 g/mol. The Kier molecular flexibility index (Phi) is 5.63. The number of hydrogen-bond donors (Lipinski definition) is 0. The highest BCUT2D eigenvalue weighted by Gasteiger charge is 2.16. The van der Waals surface area contributed by atoms with Crippen molar-refractivity contribution in [2.45, 2.75) is 19.4 Å². The van der Waals surface area contributed by atoms with Gasteiger partial charge in [-0.25, -0.2) is 4.39 Å². The van der Waals surface area contributed by atoms with Crippen LogP contribution in [0, 0.1) is 5.82 Å². The second-order valence-corrected chi connectivity index (χ2v) is 6.28. The molecule has 0 spiro atoms. The van der Waals surface area contributed by atoms with Crippen LogP contribution in [0.1, 0.15) is 17.9 Å². The molecule has 0 N–H and O–H groups in total. The summed E-state index contributed by atoms with van der Waals surface area (Å²) < 4.78 is 18.1. The van der Waals surface area contributed by atoms with Gasteiger partial charge in [0, 0.05) is 19.0 Å². The molecule has 0 aliphatic heterocycles. The standard InChI is InChI=1S/C19H17ClFN3O2/c1-24(18(25)11-8-13-6-9-14(21)10-7-13)12-17-22-19(23-26-17)15-4-2-3-5-16(15)20/h2-7,9-10H,8,11-12H2,1H3. The molecule has 26 heavy (non-hydrogen) atoms. The topological polar surface area (TPSA) is 59.2 Å². The first-order chi connectivity index (χ1) is 12.5. The predicted molar refractivity (Wildman–Crippen MR) is 95.9 cm³/mol. The maximum atomic E-state index is 12.9. The summed E-state index contributed by atoms with van der Waals surface area (Å²) in [5.74, 6) is 0.366. The van der Waals surface area contributed by atoms with Crippen LogP contribution in [0.3, 0.4) is 0 Å². The number of carbonyl (C=O) groups excluding carboxylic acids is 1. The van der Waals surface area contributed by atoms with Gasteiger partial charge < -0.3 is 9.42 Å². The Bertz CT molecular complexity index is 896. The molecule has 0 aliphatic carbocycles. The molecule has 134 valence electrons. The Morgan fingerprint density at radius 3 is 2.65 bits per heavy atom. The third-order valence-electron chi connectivity index (χ3n) is 3.92. The van der Waals surface area contributed by atoms with E-state index in [0.717, 1.165) is 5.56 Å². The first-order valence-electron chi connectivity index (χ1n) is 8.09. The molecule has 1 aromatic heterocycles. The monoisotopic (exact) mass is 373 g/mol. The first-order valence-corrected chi connectivity index (χ1v) is 8.46. The molecule has 0 saturated heterocycles. The highest BCUT2D eigenvalue weighted by atomic mass is 35.5. The Morgan fingerprint density at radius 2 is 1.92 bits per heavy atom. The number of rotatable bonds is 6. The number of carbonyl (C=O) groups is 1. The molecule has 0 atom stereocenters. The quantitative estimate of drug-likeness (QED) is 0.652. The third kappa shape index (κ3) is 4.46. The van der Waals surface area contributed by atoms with Crippen LogP contribution >= 0.6 is 11.6 Å². The van der Waals surface area contributed by atoms with Crippen LogP contribution in [0.2, 0.25) is 5.02 Å². The van der Waals surface area contributed by atoms with Crippen LogP contribution in [0.5, 0.6) is 0 Å². The summed E-state index contributed by atoms with van der Waals surface area (Å²) in [4.78, 5) is 18.1. The van der Waals surface area contributed by atoms with Crippen LogP contribution in [0.4, 0.5) is 4.39 Å². The molecule has 1 heterocycles. The number of hydrogen-bond acceptors (Lipinski definition) is 4. The van der Waals surface area contributed by atoms with E-state index >= 15 is 0 Å². The molecule has 0 bridgehead atoms. The summed E-state index contributed by atoms with van der Waals surface area (Å²) >= 11 is 6.12. The molecule has 0 unspecified atom stereocenters. The van der Waals surface area contributed by atoms with E-state index in [1.54, 1.807) is 31.3 Å². The van der Waals surface area contributed by atoms with Crippen molar-refractivity contribution in [1.29, 1.82) is 0 Å². The van der Waals surface area contributed by atoms with Crippen LogP contribution in [0.25, 0.3) is 11.4 Å². The van der Waals surface area contributed by atoms with Crippen molar-refractivity contribution < 1.29 is 13.7 Å². The lowest BCUT2D eigenvalue weighted by molar-refractivity contribution is -0.130. The molecule has 3 aromatic rings. The summed E-state index contributed by atoms with van der Waals surface area (Å²) in [5, 5.41) is 4.45. The van der Waals surface area contributed by atoms with Gasteiger partial charge in [-0.2, -0.15) is 4.98 Å². The van der Waals surface area contributed by atoms with Gasteiger partial charge in [0.2, 0.25) is 17.6 Å². The largest absolute Gasteiger partial charge is 0.337 e. The van der Waals surface area contributed by atoms with Crippen molar-refractivity contribution in [3.63, 3.8) is 0 Å². The van der Waals surface area contributed by atoms with Gasteiger partial charge in [0.15, 0.2) is 0 Å². The summed E-state index contributed by atoms with van der Waals surface area (Å²) in [5.41, 5.74) is 1.58. The molecule has 0 saturated carbocycles. The maximum absolute atomic E-state index is 12.9. The fourth-order valence-electron chi connectivity index (χ4n) is 2.46. The lowest BCUT2D eigenvalue weighted by atomic mass is 10.1. The van der Waals surface area contributed by atoms with Gasteiger partial charge >= 0.3 is 0 Å². The Hall–Kier alpha value is -2.73. The van der Waals surface area contributed by atoms with Crippen LogP contribution in [0.15, 0.2) is 53.1 Å². The predicted octanol–water partition coefficient (Wildman–Crippen LogP) is 4.12. The molecule has 3 rings (SSSR count). The van der Waals surface area contributed by atoms with E-state index in [2.05, 4.69) is 10.1 Å². The zero-order valence-electron chi connectivity index (χ0n) is 14.2. The van der Waals surface area contributed by atoms with E-state index in [4.69, 9.17) is 16.1 Å². The van der Waals surface area contributed by atoms with Gasteiger partial charge in [0.05, 0.1) is 11.6 Å². The minimum Gasteiger partial charge on any atom is -0.337 e. The van der Waals surface area contributed by atoms with Crippen molar-refractivity contribution in [3.8, 4) is 11.4 Å². The van der Waals surface area contributed by atoms with Crippen LogP contribution in [-0.4, -0.2) is 28.0 Å². The fourth-order valence-corrected chi connectivity index (χ4v) is 2.68.